The first-order chi connectivity index (χ1) is 12.0. The molecule has 0 radical (unpaired) electrons. The van der Waals surface area contributed by atoms with E-state index < -0.39 is 0 Å². The molecule has 136 valence electrons. The Bertz CT molecular complexity index is 890. The van der Waals surface area contributed by atoms with E-state index in [0.29, 0.717) is 18.1 Å². The van der Waals surface area contributed by atoms with Gasteiger partial charge in [-0.05, 0) is 43.5 Å². The lowest BCUT2D eigenvalue weighted by Crippen LogP contribution is -3.00. The highest BCUT2D eigenvalue weighted by atomic mass is 79.9. The Labute approximate surface area is 168 Å². The third-order valence-corrected chi connectivity index (χ3v) is 4.97. The molecule has 0 saturated heterocycles. The van der Waals surface area contributed by atoms with E-state index in [9.17, 15) is 4.79 Å². The summed E-state index contributed by atoms with van der Waals surface area (Å²) in [6.07, 6.45) is 4.40. The second-order valence-corrected chi connectivity index (χ2v) is 7.11. The Balaban J connectivity index is 0.00000243. The number of halogens is 1. The molecule has 0 aliphatic carbocycles. The normalized spacial score (nSPS) is 10.3. The van der Waals surface area contributed by atoms with E-state index in [4.69, 9.17) is 0 Å². The van der Waals surface area contributed by atoms with Crippen LogP contribution in [0.5, 0.6) is 0 Å². The first kappa shape index (κ1) is 20.3. The molecule has 2 aromatic heterocycles. The lowest BCUT2D eigenvalue weighted by molar-refractivity contribution is -0.695. The van der Waals surface area contributed by atoms with Gasteiger partial charge in [-0.1, -0.05) is 12.1 Å². The number of aromatic nitrogens is 2. The molecule has 0 unspecified atom stereocenters. The summed E-state index contributed by atoms with van der Waals surface area (Å²) >= 11 is 1.46. The maximum atomic E-state index is 12.1. The summed E-state index contributed by atoms with van der Waals surface area (Å²) in [5, 5.41) is 5.52. The van der Waals surface area contributed by atoms with Crippen molar-refractivity contribution in [2.24, 2.45) is 0 Å². The number of benzene rings is 1. The first-order valence-corrected chi connectivity index (χ1v) is 9.18. The molecule has 3 rings (SSSR count). The Kier molecular flexibility index (Phi) is 7.06. The number of anilines is 1. The predicted molar refractivity (Wildman–Crippen MR) is 102 cm³/mol. The smallest absolute Gasteiger partial charge is 0.232 e. The number of carbonyl (C=O) groups excluding carboxylic acids is 1. The van der Waals surface area contributed by atoms with Gasteiger partial charge in [-0.2, -0.15) is 0 Å². The largest absolute Gasteiger partial charge is 1.00 e. The molecule has 0 aliphatic rings. The summed E-state index contributed by atoms with van der Waals surface area (Å²) in [4.78, 5) is 16.7. The average Bonchev–Trinajstić information content (AvgIpc) is 3.05. The summed E-state index contributed by atoms with van der Waals surface area (Å²) in [6, 6.07) is 10.4. The van der Waals surface area contributed by atoms with Crippen LogP contribution in [0, 0.1) is 20.8 Å². The molecule has 1 amide bonds. The van der Waals surface area contributed by atoms with Crippen LogP contribution in [0.15, 0.2) is 48.1 Å². The Hall–Kier alpha value is -2.05. The van der Waals surface area contributed by atoms with Crippen molar-refractivity contribution in [3.05, 3.63) is 64.8 Å². The second kappa shape index (κ2) is 9.05. The number of nitrogens with zero attached hydrogens (tertiary/aromatic N) is 2. The van der Waals surface area contributed by atoms with Gasteiger partial charge in [0.15, 0.2) is 24.1 Å². The quantitative estimate of drug-likeness (QED) is 0.613. The summed E-state index contributed by atoms with van der Waals surface area (Å²) in [7, 11) is 0. The number of rotatable bonds is 5. The van der Waals surface area contributed by atoms with Crippen molar-refractivity contribution in [3.8, 4) is 11.3 Å². The molecule has 0 atom stereocenters. The van der Waals surface area contributed by atoms with Gasteiger partial charge in [0, 0.05) is 23.1 Å². The highest BCUT2D eigenvalue weighted by Crippen LogP contribution is 2.26. The number of pyridine rings is 1. The van der Waals surface area contributed by atoms with Gasteiger partial charge in [0.05, 0.1) is 12.1 Å². The number of carbonyl (C=O) groups is 1. The Morgan fingerprint density at radius 1 is 1.12 bits per heavy atom. The van der Waals surface area contributed by atoms with Gasteiger partial charge in [-0.15, -0.1) is 11.3 Å². The van der Waals surface area contributed by atoms with Crippen molar-refractivity contribution >= 4 is 22.4 Å². The van der Waals surface area contributed by atoms with Gasteiger partial charge >= 0.3 is 0 Å². The van der Waals surface area contributed by atoms with Crippen molar-refractivity contribution in [1.82, 2.24) is 4.98 Å². The zero-order valence-electron chi connectivity index (χ0n) is 15.1. The Morgan fingerprint density at radius 2 is 1.85 bits per heavy atom. The topological polar surface area (TPSA) is 45.9 Å². The van der Waals surface area contributed by atoms with Gasteiger partial charge in [0.25, 0.3) is 0 Å². The van der Waals surface area contributed by atoms with Gasteiger partial charge in [-0.25, -0.2) is 9.55 Å². The third kappa shape index (κ3) is 5.22. The highest BCUT2D eigenvalue weighted by molar-refractivity contribution is 7.14. The minimum Gasteiger partial charge on any atom is -1.00 e. The fraction of sp³-hybridized carbons (Fsp3) is 0.250. The lowest BCUT2D eigenvalue weighted by Gasteiger charge is -2.02. The average molecular weight is 432 g/mol. The van der Waals surface area contributed by atoms with Gasteiger partial charge in [0.2, 0.25) is 5.91 Å². The van der Waals surface area contributed by atoms with E-state index in [1.54, 1.807) is 0 Å². The molecular formula is C20H22BrN3OS. The van der Waals surface area contributed by atoms with Gasteiger partial charge < -0.3 is 22.3 Å². The summed E-state index contributed by atoms with van der Waals surface area (Å²) in [6.45, 7) is 6.89. The number of thiazole rings is 1. The number of nitrogens with one attached hydrogen (secondary N) is 1. The van der Waals surface area contributed by atoms with E-state index in [2.05, 4.69) is 42.3 Å². The summed E-state index contributed by atoms with van der Waals surface area (Å²) in [5.41, 5.74) is 5.70. The molecule has 4 nitrogen and oxygen atoms in total. The molecule has 0 saturated carbocycles. The molecule has 3 aromatic rings. The molecule has 0 bridgehead atoms. The van der Waals surface area contributed by atoms with Crippen LogP contribution in [-0.4, -0.2) is 10.9 Å². The van der Waals surface area contributed by atoms with Crippen LogP contribution in [0.2, 0.25) is 0 Å². The maximum absolute atomic E-state index is 12.1. The minimum absolute atomic E-state index is 0. The van der Waals surface area contributed by atoms with Crippen molar-refractivity contribution in [2.45, 2.75) is 33.7 Å². The zero-order chi connectivity index (χ0) is 17.8. The summed E-state index contributed by atoms with van der Waals surface area (Å²) < 4.78 is 2.01. The molecule has 2 heterocycles. The molecule has 0 fully saturated rings. The zero-order valence-corrected chi connectivity index (χ0v) is 17.5. The van der Waals surface area contributed by atoms with Crippen molar-refractivity contribution in [2.75, 3.05) is 5.32 Å². The van der Waals surface area contributed by atoms with Crippen LogP contribution in [0.3, 0.4) is 0 Å². The van der Waals surface area contributed by atoms with Crippen LogP contribution in [0.4, 0.5) is 5.13 Å². The van der Waals surface area contributed by atoms with Crippen molar-refractivity contribution < 1.29 is 26.3 Å². The van der Waals surface area contributed by atoms with Crippen LogP contribution in [0.25, 0.3) is 11.3 Å². The minimum atomic E-state index is -0.0194. The molecule has 0 aliphatic heterocycles. The van der Waals surface area contributed by atoms with Crippen LogP contribution >= 0.6 is 11.3 Å². The maximum Gasteiger partial charge on any atom is 0.232 e. The van der Waals surface area contributed by atoms with Gasteiger partial charge in [0.1, 0.15) is 0 Å². The number of aryl methyl sites for hydroxylation is 4. The monoisotopic (exact) mass is 431 g/mol. The molecule has 1 aromatic carbocycles. The molecule has 6 heteroatoms. The fourth-order valence-electron chi connectivity index (χ4n) is 2.46. The number of hydrogen-bond acceptors (Lipinski definition) is 3. The van der Waals surface area contributed by atoms with Crippen LogP contribution in [0.1, 0.15) is 23.1 Å². The highest BCUT2D eigenvalue weighted by Gasteiger charge is 2.10. The van der Waals surface area contributed by atoms with Gasteiger partial charge in [-0.3, -0.25) is 4.79 Å². The van der Waals surface area contributed by atoms with Crippen LogP contribution < -0.4 is 26.9 Å². The van der Waals surface area contributed by atoms with Crippen molar-refractivity contribution in [3.63, 3.8) is 0 Å². The van der Waals surface area contributed by atoms with E-state index >= 15 is 0 Å². The van der Waals surface area contributed by atoms with E-state index in [0.717, 1.165) is 11.3 Å². The third-order valence-electron chi connectivity index (χ3n) is 4.21. The second-order valence-electron chi connectivity index (χ2n) is 6.25. The first-order valence-electron chi connectivity index (χ1n) is 8.30. The van der Waals surface area contributed by atoms with E-state index in [1.165, 1.54) is 28.0 Å². The van der Waals surface area contributed by atoms with E-state index in [1.807, 2.05) is 41.4 Å². The number of hydrogen-bond donors (Lipinski definition) is 1. The molecule has 0 spiro atoms. The molecule has 26 heavy (non-hydrogen) atoms. The molecule has 1 N–H and O–H groups in total. The Morgan fingerprint density at radius 3 is 2.54 bits per heavy atom. The fourth-order valence-corrected chi connectivity index (χ4v) is 3.19. The number of amides is 1. The standard InChI is InChI=1S/C20H21N3OS.BrH/c1-14-6-9-23(10-7-14)11-8-19(24)22-20-21-18(13-25-20)17-5-4-15(2)16(3)12-17;/h4-7,9-10,12-13H,8,11H2,1-3H3;1H. The van der Waals surface area contributed by atoms with E-state index in [-0.39, 0.29) is 22.9 Å². The van der Waals surface area contributed by atoms with Crippen LogP contribution in [-0.2, 0) is 11.3 Å². The predicted octanol–water partition coefficient (Wildman–Crippen LogP) is 1.06. The lowest BCUT2D eigenvalue weighted by atomic mass is 10.1. The SMILES string of the molecule is Cc1cc[n+](CCC(=O)Nc2nc(-c3ccc(C)c(C)c3)cs2)cc1.[Br-]. The summed E-state index contributed by atoms with van der Waals surface area (Å²) in [5.74, 6) is -0.0194. The van der Waals surface area contributed by atoms with Crippen molar-refractivity contribution in [1.29, 1.82) is 0 Å². The molecular weight excluding hydrogens is 410 g/mol.